The van der Waals surface area contributed by atoms with Crippen LogP contribution in [0.15, 0.2) is 36.4 Å². The molecular weight excluding hydrogens is 289 g/mol. The Balaban J connectivity index is 2.09. The first-order chi connectivity index (χ1) is 9.47. The van der Waals surface area contributed by atoms with Crippen molar-refractivity contribution in [3.8, 4) is 0 Å². The zero-order valence-electron chi connectivity index (χ0n) is 11.8. The molecule has 0 fully saturated rings. The van der Waals surface area contributed by atoms with Gasteiger partial charge in [-0.1, -0.05) is 47.5 Å². The number of hydrogen-bond donors (Lipinski definition) is 1. The van der Waals surface area contributed by atoms with Gasteiger partial charge in [-0.25, -0.2) is 0 Å². The van der Waals surface area contributed by atoms with Crippen LogP contribution in [0.1, 0.15) is 22.3 Å². The zero-order valence-corrected chi connectivity index (χ0v) is 13.3. The minimum absolute atomic E-state index is 0.00880. The van der Waals surface area contributed by atoms with Gasteiger partial charge in [0, 0.05) is 16.1 Å². The Labute approximate surface area is 130 Å². The Morgan fingerprint density at radius 1 is 0.950 bits per heavy atom. The van der Waals surface area contributed by atoms with Gasteiger partial charge in [-0.3, -0.25) is 0 Å². The van der Waals surface area contributed by atoms with E-state index < -0.39 is 0 Å². The quantitative estimate of drug-likeness (QED) is 0.868. The standard InChI is InChI=1S/C17H19Cl2N/c1-11-6-7-13(8-12(11)2)9-14(20)10-15-16(18)4-3-5-17(15)19/h3-8,14H,9-10,20H2,1-2H3. The summed E-state index contributed by atoms with van der Waals surface area (Å²) in [7, 11) is 0. The lowest BCUT2D eigenvalue weighted by Gasteiger charge is -2.15. The minimum Gasteiger partial charge on any atom is -0.327 e. The average molecular weight is 308 g/mol. The van der Waals surface area contributed by atoms with Gasteiger partial charge in [-0.15, -0.1) is 0 Å². The monoisotopic (exact) mass is 307 g/mol. The van der Waals surface area contributed by atoms with Crippen molar-refractivity contribution in [2.75, 3.05) is 0 Å². The van der Waals surface area contributed by atoms with E-state index in [1.165, 1.54) is 16.7 Å². The predicted octanol–water partition coefficient (Wildman–Crippen LogP) is 4.72. The topological polar surface area (TPSA) is 26.0 Å². The Morgan fingerprint density at radius 3 is 2.20 bits per heavy atom. The molecule has 0 aliphatic rings. The van der Waals surface area contributed by atoms with Gasteiger partial charge < -0.3 is 5.73 Å². The Hall–Kier alpha value is -1.02. The molecule has 20 heavy (non-hydrogen) atoms. The maximum atomic E-state index is 6.25. The minimum atomic E-state index is 0.00880. The first kappa shape index (κ1) is 15.4. The third-order valence-corrected chi connectivity index (χ3v) is 4.31. The molecule has 0 saturated carbocycles. The van der Waals surface area contributed by atoms with Crippen molar-refractivity contribution in [2.24, 2.45) is 5.73 Å². The summed E-state index contributed by atoms with van der Waals surface area (Å²) in [6.45, 7) is 4.23. The number of nitrogens with two attached hydrogens (primary N) is 1. The fourth-order valence-corrected chi connectivity index (χ4v) is 2.85. The summed E-state index contributed by atoms with van der Waals surface area (Å²) in [5, 5.41) is 1.38. The van der Waals surface area contributed by atoms with Crippen LogP contribution in [0.4, 0.5) is 0 Å². The molecule has 2 aromatic carbocycles. The van der Waals surface area contributed by atoms with Crippen LogP contribution in [0.3, 0.4) is 0 Å². The number of rotatable bonds is 4. The maximum absolute atomic E-state index is 6.25. The van der Waals surface area contributed by atoms with E-state index in [1.54, 1.807) is 0 Å². The molecule has 2 rings (SSSR count). The van der Waals surface area contributed by atoms with Crippen LogP contribution in [-0.2, 0) is 12.8 Å². The van der Waals surface area contributed by atoms with Crippen LogP contribution in [0.2, 0.25) is 10.0 Å². The van der Waals surface area contributed by atoms with Crippen molar-refractivity contribution in [3.63, 3.8) is 0 Å². The van der Waals surface area contributed by atoms with Crippen molar-refractivity contribution in [3.05, 3.63) is 68.7 Å². The van der Waals surface area contributed by atoms with E-state index >= 15 is 0 Å². The molecule has 106 valence electrons. The molecule has 0 amide bonds. The van der Waals surface area contributed by atoms with Crippen molar-refractivity contribution < 1.29 is 0 Å². The van der Waals surface area contributed by atoms with Crippen molar-refractivity contribution in [2.45, 2.75) is 32.7 Å². The molecule has 2 N–H and O–H groups in total. The van der Waals surface area contributed by atoms with Gasteiger partial charge in [0.05, 0.1) is 0 Å². The van der Waals surface area contributed by atoms with E-state index in [-0.39, 0.29) is 6.04 Å². The van der Waals surface area contributed by atoms with Gasteiger partial charge in [0.25, 0.3) is 0 Å². The molecule has 0 radical (unpaired) electrons. The molecule has 2 aromatic rings. The normalized spacial score (nSPS) is 12.4. The van der Waals surface area contributed by atoms with E-state index in [1.807, 2.05) is 18.2 Å². The highest BCUT2D eigenvalue weighted by molar-refractivity contribution is 6.36. The summed E-state index contributed by atoms with van der Waals surface area (Å²) in [5.41, 5.74) is 11.0. The number of benzene rings is 2. The van der Waals surface area contributed by atoms with Crippen LogP contribution in [0, 0.1) is 13.8 Å². The SMILES string of the molecule is Cc1ccc(CC(N)Cc2c(Cl)cccc2Cl)cc1C. The molecule has 0 heterocycles. The molecule has 1 unspecified atom stereocenters. The summed E-state index contributed by atoms with van der Waals surface area (Å²) in [6.07, 6.45) is 1.51. The highest BCUT2D eigenvalue weighted by Crippen LogP contribution is 2.25. The van der Waals surface area contributed by atoms with Crippen LogP contribution in [0.5, 0.6) is 0 Å². The second kappa shape index (κ2) is 6.62. The molecule has 0 aliphatic heterocycles. The fourth-order valence-electron chi connectivity index (χ4n) is 2.29. The van der Waals surface area contributed by atoms with E-state index in [4.69, 9.17) is 28.9 Å². The number of halogens is 2. The van der Waals surface area contributed by atoms with E-state index in [9.17, 15) is 0 Å². The lowest BCUT2D eigenvalue weighted by Crippen LogP contribution is -2.25. The van der Waals surface area contributed by atoms with E-state index in [0.29, 0.717) is 16.5 Å². The molecule has 3 heteroatoms. The van der Waals surface area contributed by atoms with E-state index in [2.05, 4.69) is 32.0 Å². The smallest absolute Gasteiger partial charge is 0.0453 e. The summed E-state index contributed by atoms with van der Waals surface area (Å²) in [6, 6.07) is 12.0. The van der Waals surface area contributed by atoms with Gasteiger partial charge in [-0.2, -0.15) is 0 Å². The predicted molar refractivity (Wildman–Crippen MR) is 87.8 cm³/mol. The van der Waals surface area contributed by atoms with Gasteiger partial charge >= 0.3 is 0 Å². The van der Waals surface area contributed by atoms with Crippen LogP contribution in [-0.4, -0.2) is 6.04 Å². The van der Waals surface area contributed by atoms with Gasteiger partial charge in [0.1, 0.15) is 0 Å². The van der Waals surface area contributed by atoms with Crippen LogP contribution >= 0.6 is 23.2 Å². The first-order valence-corrected chi connectivity index (χ1v) is 7.47. The summed E-state index contributed by atoms with van der Waals surface area (Å²) >= 11 is 12.4. The second-order valence-corrected chi connectivity index (χ2v) is 6.10. The summed E-state index contributed by atoms with van der Waals surface area (Å²) < 4.78 is 0. The van der Waals surface area contributed by atoms with Crippen LogP contribution < -0.4 is 5.73 Å². The van der Waals surface area contributed by atoms with Crippen molar-refractivity contribution in [1.82, 2.24) is 0 Å². The summed E-state index contributed by atoms with van der Waals surface area (Å²) in [5.74, 6) is 0. The molecule has 0 aromatic heterocycles. The Morgan fingerprint density at radius 2 is 1.60 bits per heavy atom. The first-order valence-electron chi connectivity index (χ1n) is 6.72. The molecule has 1 nitrogen and oxygen atoms in total. The van der Waals surface area contributed by atoms with E-state index in [0.717, 1.165) is 12.0 Å². The van der Waals surface area contributed by atoms with Gasteiger partial charge in [0.2, 0.25) is 0 Å². The zero-order chi connectivity index (χ0) is 14.7. The summed E-state index contributed by atoms with van der Waals surface area (Å²) in [4.78, 5) is 0. The number of hydrogen-bond acceptors (Lipinski definition) is 1. The maximum Gasteiger partial charge on any atom is 0.0453 e. The molecule has 1 atom stereocenters. The fraction of sp³-hybridized carbons (Fsp3) is 0.294. The molecular formula is C17H19Cl2N. The lowest BCUT2D eigenvalue weighted by atomic mass is 9.97. The number of aryl methyl sites for hydroxylation is 2. The highest BCUT2D eigenvalue weighted by Gasteiger charge is 2.11. The third-order valence-electron chi connectivity index (χ3n) is 3.60. The Kier molecular flexibility index (Phi) is 5.09. The molecule has 0 saturated heterocycles. The molecule has 0 bridgehead atoms. The third kappa shape index (κ3) is 3.76. The van der Waals surface area contributed by atoms with Gasteiger partial charge in [0.15, 0.2) is 0 Å². The average Bonchev–Trinajstić information content (AvgIpc) is 2.38. The van der Waals surface area contributed by atoms with Crippen molar-refractivity contribution in [1.29, 1.82) is 0 Å². The van der Waals surface area contributed by atoms with Crippen molar-refractivity contribution >= 4 is 23.2 Å². The second-order valence-electron chi connectivity index (χ2n) is 5.29. The van der Waals surface area contributed by atoms with Crippen LogP contribution in [0.25, 0.3) is 0 Å². The molecule has 0 spiro atoms. The lowest BCUT2D eigenvalue weighted by molar-refractivity contribution is 0.664. The highest BCUT2D eigenvalue weighted by atomic mass is 35.5. The largest absolute Gasteiger partial charge is 0.327 e. The molecule has 0 aliphatic carbocycles. The Bertz CT molecular complexity index is 588. The van der Waals surface area contributed by atoms with Gasteiger partial charge in [-0.05, 0) is 61.1 Å².